The fourth-order valence-electron chi connectivity index (χ4n) is 4.80. The number of aromatic amines is 2. The van der Waals surface area contributed by atoms with E-state index in [2.05, 4.69) is 19.9 Å². The van der Waals surface area contributed by atoms with E-state index in [1.54, 1.807) is 12.7 Å². The van der Waals surface area contributed by atoms with Gasteiger partial charge in [-0.15, -0.1) is 0 Å². The van der Waals surface area contributed by atoms with Gasteiger partial charge in [0, 0.05) is 43.9 Å². The third kappa shape index (κ3) is 10.1. The summed E-state index contributed by atoms with van der Waals surface area (Å²) in [6, 6.07) is 11.4. The lowest BCUT2D eigenvalue weighted by atomic mass is 10.00. The van der Waals surface area contributed by atoms with Gasteiger partial charge in [-0.1, -0.05) is 58.5 Å². The number of halogens is 4. The Balaban J connectivity index is 1.38. The Morgan fingerprint density at radius 1 is 0.615 bits per heavy atom. The van der Waals surface area contributed by atoms with Crippen molar-refractivity contribution in [1.29, 1.82) is 0 Å². The summed E-state index contributed by atoms with van der Waals surface area (Å²) in [5.41, 5.74) is 4.47. The summed E-state index contributed by atoms with van der Waals surface area (Å²) in [7, 11) is 0. The maximum atomic E-state index is 6.85. The molecule has 0 aliphatic heterocycles. The minimum Gasteiger partial charge on any atom is -0.375 e. The van der Waals surface area contributed by atoms with Crippen LogP contribution in [0.1, 0.15) is 61.0 Å². The number of rotatable bonds is 16. The second kappa shape index (κ2) is 15.7. The molecule has 2 N–H and O–H groups in total. The minimum absolute atomic E-state index is 0.116. The molecule has 4 rings (SSSR count). The molecule has 9 heteroatoms. The number of aryl methyl sites for hydroxylation is 4. The zero-order valence-corrected chi connectivity index (χ0v) is 24.8. The number of hydrogen-bond acceptors (Lipinski definition) is 3. The van der Waals surface area contributed by atoms with Crippen molar-refractivity contribution in [1.82, 2.24) is 19.9 Å². The lowest BCUT2D eigenvalue weighted by molar-refractivity contribution is -0.0295. The van der Waals surface area contributed by atoms with Crippen LogP contribution in [0.4, 0.5) is 0 Å². The van der Waals surface area contributed by atoms with E-state index in [0.29, 0.717) is 10.0 Å². The van der Waals surface area contributed by atoms with Crippen LogP contribution in [-0.2, 0) is 30.4 Å². The predicted octanol–water partition coefficient (Wildman–Crippen LogP) is 9.11. The monoisotopic (exact) mass is 606 g/mol. The molecule has 0 bridgehead atoms. The average molecular weight is 608 g/mol. The summed E-state index contributed by atoms with van der Waals surface area (Å²) in [5, 5.41) is 2.75. The van der Waals surface area contributed by atoms with Crippen molar-refractivity contribution in [2.24, 2.45) is 0 Å². The standard InChI is InChI=1S/C30H34Cl4N4O/c31-23-9-7-21(29(33)15-23)3-1-5-27(13-11-25-17-35-19-37-25)39-28(14-12-26-18-36-20-38-26)6-2-4-22-8-10-24(32)16-30(22)34/h7-10,15-20,27-28H,1-6,11-14H2,(H,35,37)(H,36,38). The van der Waals surface area contributed by atoms with Gasteiger partial charge in [-0.25, -0.2) is 9.97 Å². The van der Waals surface area contributed by atoms with Crippen LogP contribution in [0, 0.1) is 0 Å². The first-order valence-corrected chi connectivity index (χ1v) is 14.9. The van der Waals surface area contributed by atoms with E-state index in [4.69, 9.17) is 51.1 Å². The number of imidazole rings is 2. The molecule has 2 heterocycles. The van der Waals surface area contributed by atoms with Crippen LogP contribution in [0.25, 0.3) is 0 Å². The highest BCUT2D eigenvalue weighted by Crippen LogP contribution is 2.26. The lowest BCUT2D eigenvalue weighted by Crippen LogP contribution is -2.24. The number of ether oxygens (including phenoxy) is 1. The molecule has 0 radical (unpaired) electrons. The summed E-state index contributed by atoms with van der Waals surface area (Å²) in [4.78, 5) is 14.8. The molecular formula is C30H34Cl4N4O. The van der Waals surface area contributed by atoms with Gasteiger partial charge < -0.3 is 14.7 Å². The third-order valence-corrected chi connectivity index (χ3v) is 8.11. The van der Waals surface area contributed by atoms with Crippen molar-refractivity contribution in [2.45, 2.75) is 76.4 Å². The summed E-state index contributed by atoms with van der Waals surface area (Å²) < 4.78 is 6.85. The van der Waals surface area contributed by atoms with Gasteiger partial charge in [-0.3, -0.25) is 0 Å². The number of H-pyrrole nitrogens is 2. The van der Waals surface area contributed by atoms with E-state index in [1.165, 1.54) is 0 Å². The third-order valence-electron chi connectivity index (χ3n) is 6.94. The van der Waals surface area contributed by atoms with Gasteiger partial charge in [-0.2, -0.15) is 0 Å². The highest BCUT2D eigenvalue weighted by atomic mass is 35.5. The number of nitrogens with one attached hydrogen (secondary N) is 2. The normalized spacial score (nSPS) is 13.0. The zero-order chi connectivity index (χ0) is 27.5. The molecule has 2 aromatic carbocycles. The average Bonchev–Trinajstić information content (AvgIpc) is 3.62. The van der Waals surface area contributed by atoms with Crippen LogP contribution < -0.4 is 0 Å². The van der Waals surface area contributed by atoms with Crippen molar-refractivity contribution in [3.8, 4) is 0 Å². The number of nitrogens with zero attached hydrogens (tertiary/aromatic N) is 2. The van der Waals surface area contributed by atoms with E-state index in [-0.39, 0.29) is 12.2 Å². The molecule has 2 aromatic heterocycles. The Bertz CT molecular complexity index is 1170. The van der Waals surface area contributed by atoms with Crippen LogP contribution in [-0.4, -0.2) is 32.1 Å². The van der Waals surface area contributed by atoms with Crippen LogP contribution >= 0.6 is 46.4 Å². The zero-order valence-electron chi connectivity index (χ0n) is 21.8. The molecule has 208 valence electrons. The Morgan fingerprint density at radius 3 is 1.46 bits per heavy atom. The van der Waals surface area contributed by atoms with E-state index in [1.807, 2.05) is 48.8 Å². The molecular weight excluding hydrogens is 574 g/mol. The molecule has 5 nitrogen and oxygen atoms in total. The Labute approximate surface area is 250 Å². The van der Waals surface area contributed by atoms with Gasteiger partial charge in [0.15, 0.2) is 0 Å². The molecule has 0 aliphatic rings. The molecule has 4 aromatic rings. The maximum Gasteiger partial charge on any atom is 0.0921 e. The van der Waals surface area contributed by atoms with Gasteiger partial charge >= 0.3 is 0 Å². The van der Waals surface area contributed by atoms with Crippen molar-refractivity contribution in [2.75, 3.05) is 0 Å². The first-order valence-electron chi connectivity index (χ1n) is 13.4. The van der Waals surface area contributed by atoms with Crippen molar-refractivity contribution < 1.29 is 4.74 Å². The molecule has 0 spiro atoms. The topological polar surface area (TPSA) is 66.6 Å². The van der Waals surface area contributed by atoms with Crippen LogP contribution in [0.5, 0.6) is 0 Å². The van der Waals surface area contributed by atoms with Gasteiger partial charge in [-0.05, 0) is 99.6 Å². The molecule has 0 aliphatic carbocycles. The quantitative estimate of drug-likeness (QED) is 0.133. The summed E-state index contributed by atoms with van der Waals surface area (Å²) in [6.07, 6.45) is 16.7. The van der Waals surface area contributed by atoms with Gasteiger partial charge in [0.05, 0.1) is 24.9 Å². The SMILES string of the molecule is Clc1ccc(CCCC(CCc2cnc[nH]2)OC(CCCc2ccc(Cl)cc2Cl)CCc2cnc[nH]2)c(Cl)c1. The van der Waals surface area contributed by atoms with Crippen LogP contribution in [0.15, 0.2) is 61.4 Å². The molecule has 0 fully saturated rings. The smallest absolute Gasteiger partial charge is 0.0921 e. The van der Waals surface area contributed by atoms with E-state index in [9.17, 15) is 0 Å². The van der Waals surface area contributed by atoms with Crippen LogP contribution in [0.2, 0.25) is 20.1 Å². The highest BCUT2D eigenvalue weighted by Gasteiger charge is 2.18. The van der Waals surface area contributed by atoms with Crippen molar-refractivity contribution >= 4 is 46.4 Å². The minimum atomic E-state index is 0.116. The first kappa shape index (κ1) is 30.0. The van der Waals surface area contributed by atoms with E-state index < -0.39 is 0 Å². The van der Waals surface area contributed by atoms with Gasteiger partial charge in [0.1, 0.15) is 0 Å². The summed E-state index contributed by atoms with van der Waals surface area (Å²) >= 11 is 25.0. The second-order valence-electron chi connectivity index (χ2n) is 9.87. The molecule has 0 amide bonds. The first-order chi connectivity index (χ1) is 19.0. The second-order valence-corrected chi connectivity index (χ2v) is 11.6. The summed E-state index contributed by atoms with van der Waals surface area (Å²) in [6.45, 7) is 0. The number of hydrogen-bond donors (Lipinski definition) is 2. The lowest BCUT2D eigenvalue weighted by Gasteiger charge is -2.26. The summed E-state index contributed by atoms with van der Waals surface area (Å²) in [5.74, 6) is 0. The number of benzene rings is 2. The maximum absolute atomic E-state index is 6.85. The van der Waals surface area contributed by atoms with Crippen LogP contribution in [0.3, 0.4) is 0 Å². The van der Waals surface area contributed by atoms with Gasteiger partial charge in [0.2, 0.25) is 0 Å². The van der Waals surface area contributed by atoms with Crippen molar-refractivity contribution in [3.63, 3.8) is 0 Å². The highest BCUT2D eigenvalue weighted by molar-refractivity contribution is 6.35. The van der Waals surface area contributed by atoms with Gasteiger partial charge in [0.25, 0.3) is 0 Å². The van der Waals surface area contributed by atoms with E-state index in [0.717, 1.165) is 96.8 Å². The van der Waals surface area contributed by atoms with E-state index >= 15 is 0 Å². The van der Waals surface area contributed by atoms with Crippen molar-refractivity contribution in [3.05, 3.63) is 104 Å². The number of aromatic nitrogens is 4. The Hall–Kier alpha value is -2.02. The molecule has 2 unspecified atom stereocenters. The Morgan fingerprint density at radius 2 is 1.08 bits per heavy atom. The predicted molar refractivity (Wildman–Crippen MR) is 161 cm³/mol. The molecule has 0 saturated heterocycles. The molecule has 39 heavy (non-hydrogen) atoms. The largest absolute Gasteiger partial charge is 0.375 e. The molecule has 0 saturated carbocycles. The molecule has 2 atom stereocenters. The fourth-order valence-corrected chi connectivity index (χ4v) is 5.80. The fraction of sp³-hybridized carbons (Fsp3) is 0.400. The Kier molecular flexibility index (Phi) is 12.0.